The Morgan fingerprint density at radius 1 is 0.926 bits per heavy atom. The lowest BCUT2D eigenvalue weighted by atomic mass is 9.94. The molecule has 0 aromatic carbocycles. The zero-order valence-electron chi connectivity index (χ0n) is 15.6. The summed E-state index contributed by atoms with van der Waals surface area (Å²) >= 11 is 0. The molecule has 0 saturated heterocycles. The van der Waals surface area contributed by atoms with Crippen LogP contribution in [0.25, 0.3) is 11.4 Å². The molecule has 0 amide bonds. The lowest BCUT2D eigenvalue weighted by molar-refractivity contribution is 0.481. The smallest absolute Gasteiger partial charge is 0.296 e. The number of aromatic nitrogens is 2. The number of unbranched alkanes of at least 4 members (excludes halogenated alkanes) is 1. The molecule has 27 heavy (non-hydrogen) atoms. The van der Waals surface area contributed by atoms with Crippen molar-refractivity contribution in [2.75, 3.05) is 0 Å². The van der Waals surface area contributed by atoms with E-state index >= 15 is 0 Å². The standard InChI is InChI=1S/C17H26N2O6S2/c1-4-6-8-12(7-5-2)13-9-16(27(23,24)25)17(19-13)14-10-15(11(3)18-14)26(20,21)22/h9-10,12,18-19H,4-8H2,1-3H3,(H,20,21,22)(H,23,24,25). The predicted molar refractivity (Wildman–Crippen MR) is 102 cm³/mol. The molecule has 10 heteroatoms. The van der Waals surface area contributed by atoms with E-state index in [1.54, 1.807) is 0 Å². The lowest BCUT2D eigenvalue weighted by Crippen LogP contribution is -1.99. The summed E-state index contributed by atoms with van der Waals surface area (Å²) in [7, 11) is -8.99. The molecule has 0 spiro atoms. The quantitative estimate of drug-likeness (QED) is 0.455. The highest BCUT2D eigenvalue weighted by Crippen LogP contribution is 2.35. The van der Waals surface area contributed by atoms with Crippen LogP contribution in [-0.4, -0.2) is 35.9 Å². The maximum Gasteiger partial charge on any atom is 0.296 e. The van der Waals surface area contributed by atoms with Crippen LogP contribution in [0.2, 0.25) is 0 Å². The van der Waals surface area contributed by atoms with Crippen molar-refractivity contribution in [3.63, 3.8) is 0 Å². The summed E-state index contributed by atoms with van der Waals surface area (Å²) in [5.41, 5.74) is 1.07. The fourth-order valence-corrected chi connectivity index (χ4v) is 4.67. The monoisotopic (exact) mass is 418 g/mol. The molecule has 0 fully saturated rings. The first-order valence-electron chi connectivity index (χ1n) is 8.86. The Labute approximate surface area is 159 Å². The van der Waals surface area contributed by atoms with Crippen molar-refractivity contribution in [3.8, 4) is 11.4 Å². The van der Waals surface area contributed by atoms with Crippen molar-refractivity contribution < 1.29 is 25.9 Å². The van der Waals surface area contributed by atoms with Crippen LogP contribution in [0.4, 0.5) is 0 Å². The van der Waals surface area contributed by atoms with E-state index in [1.165, 1.54) is 13.0 Å². The second-order valence-electron chi connectivity index (χ2n) is 6.71. The van der Waals surface area contributed by atoms with E-state index < -0.39 is 20.2 Å². The molecule has 0 radical (unpaired) electrons. The average molecular weight is 419 g/mol. The molecule has 152 valence electrons. The minimum atomic E-state index is -4.53. The fourth-order valence-electron chi connectivity index (χ4n) is 3.27. The number of hydrogen-bond donors (Lipinski definition) is 4. The molecule has 2 rings (SSSR count). The molecule has 0 aliphatic carbocycles. The van der Waals surface area contributed by atoms with Gasteiger partial charge in [0.15, 0.2) is 0 Å². The average Bonchev–Trinajstić information content (AvgIpc) is 3.14. The van der Waals surface area contributed by atoms with Crippen LogP contribution in [-0.2, 0) is 20.2 Å². The molecule has 1 unspecified atom stereocenters. The van der Waals surface area contributed by atoms with Crippen LogP contribution in [0.5, 0.6) is 0 Å². The third kappa shape index (κ3) is 5.01. The van der Waals surface area contributed by atoms with Crippen molar-refractivity contribution in [1.29, 1.82) is 0 Å². The van der Waals surface area contributed by atoms with E-state index in [1.807, 2.05) is 6.92 Å². The largest absolute Gasteiger partial charge is 0.356 e. The van der Waals surface area contributed by atoms with E-state index in [4.69, 9.17) is 0 Å². The minimum absolute atomic E-state index is 0.0723. The molecular formula is C17H26N2O6S2. The normalized spacial score (nSPS) is 13.8. The third-order valence-electron chi connectivity index (χ3n) is 4.58. The molecule has 2 aromatic heterocycles. The number of aromatic amines is 2. The highest BCUT2D eigenvalue weighted by Gasteiger charge is 2.26. The van der Waals surface area contributed by atoms with Gasteiger partial charge in [-0.2, -0.15) is 16.8 Å². The molecule has 0 bridgehead atoms. The Morgan fingerprint density at radius 2 is 1.56 bits per heavy atom. The van der Waals surface area contributed by atoms with Gasteiger partial charge in [-0.1, -0.05) is 33.1 Å². The van der Waals surface area contributed by atoms with Gasteiger partial charge < -0.3 is 9.97 Å². The van der Waals surface area contributed by atoms with Crippen LogP contribution in [0, 0.1) is 6.92 Å². The van der Waals surface area contributed by atoms with Crippen LogP contribution < -0.4 is 0 Å². The number of nitrogens with one attached hydrogen (secondary N) is 2. The van der Waals surface area contributed by atoms with Crippen LogP contribution in [0.3, 0.4) is 0 Å². The minimum Gasteiger partial charge on any atom is -0.356 e. The number of aryl methyl sites for hydroxylation is 1. The van der Waals surface area contributed by atoms with Gasteiger partial charge >= 0.3 is 0 Å². The van der Waals surface area contributed by atoms with Gasteiger partial charge in [0.25, 0.3) is 20.2 Å². The summed E-state index contributed by atoms with van der Waals surface area (Å²) in [5, 5.41) is 0. The van der Waals surface area contributed by atoms with E-state index in [9.17, 15) is 25.9 Å². The SMILES string of the molecule is CCCCC(CCC)c1cc(S(=O)(=O)O)c(-c2cc(S(=O)(=O)O)c(C)[nH]2)[nH]1. The molecule has 2 aromatic rings. The predicted octanol–water partition coefficient (Wildman–Crippen LogP) is 3.89. The number of H-pyrrole nitrogens is 2. The van der Waals surface area contributed by atoms with Crippen molar-refractivity contribution in [2.45, 2.75) is 68.6 Å². The first kappa shape index (κ1) is 21.7. The molecular weight excluding hydrogens is 392 g/mol. The Bertz CT molecular complexity index is 1000. The number of rotatable bonds is 9. The maximum atomic E-state index is 11.9. The van der Waals surface area contributed by atoms with Crippen molar-refractivity contribution in [3.05, 3.63) is 23.5 Å². The Kier molecular flexibility index (Phi) is 6.56. The lowest BCUT2D eigenvalue weighted by Gasteiger charge is -2.14. The van der Waals surface area contributed by atoms with Crippen molar-refractivity contribution >= 4 is 20.2 Å². The van der Waals surface area contributed by atoms with Gasteiger partial charge in [-0.15, -0.1) is 0 Å². The molecule has 1 atom stereocenters. The summed E-state index contributed by atoms with van der Waals surface area (Å²) in [5.74, 6) is 0.0984. The Hall–Kier alpha value is -1.62. The summed E-state index contributed by atoms with van der Waals surface area (Å²) in [4.78, 5) is 5.14. The first-order valence-corrected chi connectivity index (χ1v) is 11.7. The topological polar surface area (TPSA) is 140 Å². The van der Waals surface area contributed by atoms with Crippen LogP contribution in [0.1, 0.15) is 63.3 Å². The summed E-state index contributed by atoms with van der Waals surface area (Å²) in [6.07, 6.45) is 4.62. The van der Waals surface area contributed by atoms with Gasteiger partial charge in [0.05, 0.1) is 11.4 Å². The van der Waals surface area contributed by atoms with Crippen LogP contribution in [0.15, 0.2) is 21.9 Å². The number of hydrogen-bond acceptors (Lipinski definition) is 4. The van der Waals surface area contributed by atoms with Gasteiger partial charge in [-0.05, 0) is 37.8 Å². The highest BCUT2D eigenvalue weighted by atomic mass is 32.2. The summed E-state index contributed by atoms with van der Waals surface area (Å²) in [6, 6.07) is 2.56. The van der Waals surface area contributed by atoms with E-state index in [0.29, 0.717) is 5.69 Å². The molecule has 2 heterocycles. The Balaban J connectivity index is 2.61. The van der Waals surface area contributed by atoms with Crippen molar-refractivity contribution in [2.24, 2.45) is 0 Å². The second kappa shape index (κ2) is 8.17. The van der Waals surface area contributed by atoms with Gasteiger partial charge in [-0.25, -0.2) is 0 Å². The Morgan fingerprint density at radius 3 is 2.04 bits per heavy atom. The van der Waals surface area contributed by atoms with Crippen LogP contribution >= 0.6 is 0 Å². The van der Waals surface area contributed by atoms with Gasteiger partial charge in [0, 0.05) is 11.4 Å². The first-order chi connectivity index (χ1) is 12.5. The maximum absolute atomic E-state index is 11.9. The molecule has 0 aliphatic rings. The van der Waals surface area contributed by atoms with Gasteiger partial charge in [0.1, 0.15) is 9.79 Å². The summed E-state index contributed by atoms with van der Waals surface area (Å²) < 4.78 is 65.6. The van der Waals surface area contributed by atoms with E-state index in [0.717, 1.165) is 38.2 Å². The van der Waals surface area contributed by atoms with E-state index in [2.05, 4.69) is 16.9 Å². The summed E-state index contributed by atoms with van der Waals surface area (Å²) in [6.45, 7) is 5.56. The van der Waals surface area contributed by atoms with Crippen molar-refractivity contribution in [1.82, 2.24) is 9.97 Å². The molecule has 8 nitrogen and oxygen atoms in total. The highest BCUT2D eigenvalue weighted by molar-refractivity contribution is 7.86. The third-order valence-corrected chi connectivity index (χ3v) is 6.44. The van der Waals surface area contributed by atoms with E-state index in [-0.39, 0.29) is 32.8 Å². The fraction of sp³-hybridized carbons (Fsp3) is 0.529. The van der Waals surface area contributed by atoms with Gasteiger partial charge in [-0.3, -0.25) is 9.11 Å². The second-order valence-corrected chi connectivity index (χ2v) is 9.49. The zero-order valence-corrected chi connectivity index (χ0v) is 17.2. The molecule has 0 aliphatic heterocycles. The van der Waals surface area contributed by atoms with Gasteiger partial charge in [0.2, 0.25) is 0 Å². The molecule has 0 saturated carbocycles. The zero-order chi connectivity index (χ0) is 20.4. The molecule has 4 N–H and O–H groups in total.